The lowest BCUT2D eigenvalue weighted by Crippen LogP contribution is -2.36. The Hall–Kier alpha value is -0.970. The lowest BCUT2D eigenvalue weighted by Gasteiger charge is -2.31. The molecule has 0 spiro atoms. The first-order chi connectivity index (χ1) is 7.23. The van der Waals surface area contributed by atoms with Gasteiger partial charge in [0.15, 0.2) is 0 Å². The highest BCUT2D eigenvalue weighted by Gasteiger charge is 2.30. The van der Waals surface area contributed by atoms with Crippen molar-refractivity contribution in [2.45, 2.75) is 32.9 Å². The van der Waals surface area contributed by atoms with Gasteiger partial charge in [0.25, 0.3) is 0 Å². The zero-order valence-electron chi connectivity index (χ0n) is 10.2. The number of phenolic OH excluding ortho intramolecular Hbond substituents is 2. The molecule has 0 saturated heterocycles. The van der Waals surface area contributed by atoms with Gasteiger partial charge in [-0.3, -0.25) is 0 Å². The Bertz CT molecular complexity index is 377. The molecule has 1 rings (SSSR count). The third-order valence-corrected chi connectivity index (χ3v) is 2.60. The van der Waals surface area contributed by atoms with Crippen molar-refractivity contribution in [3.05, 3.63) is 23.8 Å². The second-order valence-electron chi connectivity index (χ2n) is 5.08. The molecular weight excluding hydrogens is 242 g/mol. The van der Waals surface area contributed by atoms with E-state index in [0.29, 0.717) is 5.56 Å². The van der Waals surface area contributed by atoms with Gasteiger partial charge >= 0.3 is 0 Å². The van der Waals surface area contributed by atoms with Gasteiger partial charge in [0.2, 0.25) is 0 Å². The highest BCUT2D eigenvalue weighted by molar-refractivity contribution is 5.85. The van der Waals surface area contributed by atoms with Crippen molar-refractivity contribution < 1.29 is 15.3 Å². The van der Waals surface area contributed by atoms with Crippen molar-refractivity contribution in [1.29, 1.82) is 0 Å². The predicted octanol–water partition coefficient (Wildman–Crippen LogP) is 1.93. The van der Waals surface area contributed by atoms with Crippen molar-refractivity contribution in [3.63, 3.8) is 0 Å². The van der Waals surface area contributed by atoms with Gasteiger partial charge in [0.1, 0.15) is 11.5 Å². The number of benzene rings is 1. The lowest BCUT2D eigenvalue weighted by molar-refractivity contribution is 0.0394. The van der Waals surface area contributed by atoms with Crippen molar-refractivity contribution in [3.8, 4) is 11.5 Å². The van der Waals surface area contributed by atoms with Crippen LogP contribution in [-0.4, -0.2) is 21.4 Å². The summed E-state index contributed by atoms with van der Waals surface area (Å²) in [7, 11) is 0. The molecule has 0 aromatic heterocycles. The molecule has 0 unspecified atom stereocenters. The van der Waals surface area contributed by atoms with Crippen molar-refractivity contribution in [2.24, 2.45) is 11.1 Å². The topological polar surface area (TPSA) is 86.7 Å². The van der Waals surface area contributed by atoms with E-state index >= 15 is 0 Å². The molecule has 1 aromatic carbocycles. The van der Waals surface area contributed by atoms with E-state index in [-0.39, 0.29) is 23.9 Å². The van der Waals surface area contributed by atoms with Crippen molar-refractivity contribution >= 4 is 12.4 Å². The highest BCUT2D eigenvalue weighted by Crippen LogP contribution is 2.34. The molecule has 0 aliphatic rings. The maximum atomic E-state index is 10.0. The minimum Gasteiger partial charge on any atom is -0.508 e. The minimum atomic E-state index is -0.805. The standard InChI is InChI=1S/C12H19NO3.ClH/c1-12(2,3)11(16)10(13)8-6-7(14)4-5-9(8)15;/h4-6,10-11,14-16H,13H2,1-3H3;1H/t10-,11-;/m0./s1. The number of aliphatic hydroxyl groups excluding tert-OH is 1. The normalized spacial score (nSPS) is 14.9. The lowest BCUT2D eigenvalue weighted by atomic mass is 9.82. The summed E-state index contributed by atoms with van der Waals surface area (Å²) in [5.74, 6) is -0.00189. The number of hydrogen-bond acceptors (Lipinski definition) is 4. The SMILES string of the molecule is CC(C)(C)[C@@H](O)[C@@H](N)c1cc(O)ccc1O.Cl. The van der Waals surface area contributed by atoms with Crippen molar-refractivity contribution in [1.82, 2.24) is 0 Å². The molecule has 0 amide bonds. The van der Waals surface area contributed by atoms with Crippen LogP contribution in [0, 0.1) is 5.41 Å². The molecule has 17 heavy (non-hydrogen) atoms. The van der Waals surface area contributed by atoms with Crippen LogP contribution in [0.25, 0.3) is 0 Å². The summed E-state index contributed by atoms with van der Waals surface area (Å²) in [4.78, 5) is 0. The van der Waals surface area contributed by atoms with Crippen molar-refractivity contribution in [2.75, 3.05) is 0 Å². The maximum Gasteiger partial charge on any atom is 0.120 e. The van der Waals surface area contributed by atoms with Crippen LogP contribution >= 0.6 is 12.4 Å². The highest BCUT2D eigenvalue weighted by atomic mass is 35.5. The molecular formula is C12H20ClNO3. The van der Waals surface area contributed by atoms with E-state index < -0.39 is 17.6 Å². The number of nitrogens with two attached hydrogens (primary N) is 1. The Morgan fingerprint density at radius 3 is 2.18 bits per heavy atom. The van der Waals surface area contributed by atoms with Gasteiger partial charge < -0.3 is 21.1 Å². The molecule has 0 radical (unpaired) electrons. The van der Waals surface area contributed by atoms with E-state index in [1.165, 1.54) is 18.2 Å². The first-order valence-corrected chi connectivity index (χ1v) is 5.19. The van der Waals surface area contributed by atoms with Crippen LogP contribution in [-0.2, 0) is 0 Å². The molecule has 0 fully saturated rings. The first kappa shape index (κ1) is 16.0. The first-order valence-electron chi connectivity index (χ1n) is 5.19. The second kappa shape index (κ2) is 5.58. The van der Waals surface area contributed by atoms with E-state index in [2.05, 4.69) is 0 Å². The number of halogens is 1. The largest absolute Gasteiger partial charge is 0.508 e. The summed E-state index contributed by atoms with van der Waals surface area (Å²) in [6.45, 7) is 5.58. The third kappa shape index (κ3) is 3.77. The average molecular weight is 262 g/mol. The quantitative estimate of drug-likeness (QED) is 0.613. The van der Waals surface area contributed by atoms with E-state index in [1.807, 2.05) is 20.8 Å². The smallest absolute Gasteiger partial charge is 0.120 e. The van der Waals surface area contributed by atoms with E-state index in [0.717, 1.165) is 0 Å². The number of rotatable bonds is 2. The number of aromatic hydroxyl groups is 2. The third-order valence-electron chi connectivity index (χ3n) is 2.60. The Balaban J connectivity index is 0.00000256. The molecule has 5 heteroatoms. The molecule has 0 heterocycles. The summed E-state index contributed by atoms with van der Waals surface area (Å²) >= 11 is 0. The zero-order valence-corrected chi connectivity index (χ0v) is 11.0. The van der Waals surface area contributed by atoms with Gasteiger partial charge in [0.05, 0.1) is 12.1 Å². The number of phenols is 2. The molecule has 5 N–H and O–H groups in total. The van der Waals surface area contributed by atoms with Crippen LogP contribution in [0.4, 0.5) is 0 Å². The molecule has 0 bridgehead atoms. The average Bonchev–Trinajstić information content (AvgIpc) is 2.18. The predicted molar refractivity (Wildman–Crippen MR) is 69.4 cm³/mol. The molecule has 2 atom stereocenters. The summed E-state index contributed by atoms with van der Waals surface area (Å²) in [5, 5.41) is 28.9. The van der Waals surface area contributed by atoms with Gasteiger partial charge in [-0.25, -0.2) is 0 Å². The van der Waals surface area contributed by atoms with Crippen LogP contribution in [0.15, 0.2) is 18.2 Å². The summed E-state index contributed by atoms with van der Waals surface area (Å²) < 4.78 is 0. The molecule has 98 valence electrons. The van der Waals surface area contributed by atoms with Gasteiger partial charge in [0, 0.05) is 5.56 Å². The zero-order chi connectivity index (χ0) is 12.5. The maximum absolute atomic E-state index is 10.0. The van der Waals surface area contributed by atoms with E-state index in [1.54, 1.807) is 0 Å². The summed E-state index contributed by atoms with van der Waals surface area (Å²) in [6.07, 6.45) is -0.805. The van der Waals surface area contributed by atoms with Crippen LogP contribution < -0.4 is 5.73 Å². The monoisotopic (exact) mass is 261 g/mol. The Kier molecular flexibility index (Phi) is 5.26. The van der Waals surface area contributed by atoms with Gasteiger partial charge in [-0.05, 0) is 23.6 Å². The van der Waals surface area contributed by atoms with Crippen LogP contribution in [0.5, 0.6) is 11.5 Å². The molecule has 0 aliphatic carbocycles. The Morgan fingerprint density at radius 2 is 1.71 bits per heavy atom. The van der Waals surface area contributed by atoms with Gasteiger partial charge in [-0.1, -0.05) is 20.8 Å². The van der Waals surface area contributed by atoms with E-state index in [9.17, 15) is 15.3 Å². The molecule has 0 aliphatic heterocycles. The van der Waals surface area contributed by atoms with Crippen LogP contribution in [0.1, 0.15) is 32.4 Å². The molecule has 4 nitrogen and oxygen atoms in total. The Labute approximate surface area is 107 Å². The molecule has 1 aromatic rings. The Morgan fingerprint density at radius 1 is 1.18 bits per heavy atom. The fraction of sp³-hybridized carbons (Fsp3) is 0.500. The molecule has 0 saturated carbocycles. The van der Waals surface area contributed by atoms with Crippen LogP contribution in [0.3, 0.4) is 0 Å². The van der Waals surface area contributed by atoms with Gasteiger partial charge in [-0.2, -0.15) is 0 Å². The van der Waals surface area contributed by atoms with Crippen LogP contribution in [0.2, 0.25) is 0 Å². The minimum absolute atomic E-state index is 0. The van der Waals surface area contributed by atoms with E-state index in [4.69, 9.17) is 5.73 Å². The second-order valence-corrected chi connectivity index (χ2v) is 5.08. The fourth-order valence-electron chi connectivity index (χ4n) is 1.52. The summed E-state index contributed by atoms with van der Waals surface area (Å²) in [5.41, 5.74) is 5.83. The summed E-state index contributed by atoms with van der Waals surface area (Å²) in [6, 6.07) is 3.37. The fourth-order valence-corrected chi connectivity index (χ4v) is 1.52. The number of aliphatic hydroxyl groups is 1. The number of hydrogen-bond donors (Lipinski definition) is 4. The van der Waals surface area contributed by atoms with Gasteiger partial charge in [-0.15, -0.1) is 12.4 Å².